The molecule has 1 aromatic heterocycles. The topological polar surface area (TPSA) is 72.1 Å². The van der Waals surface area contributed by atoms with Gasteiger partial charge in [-0.1, -0.05) is 6.42 Å². The van der Waals surface area contributed by atoms with E-state index >= 15 is 0 Å². The van der Waals surface area contributed by atoms with E-state index < -0.39 is 0 Å². The lowest BCUT2D eigenvalue weighted by molar-refractivity contribution is 0.113. The predicted octanol–water partition coefficient (Wildman–Crippen LogP) is 2.26. The molecule has 128 valence electrons. The number of piperidine rings is 1. The number of aliphatic hydroxyl groups excluding tert-OH is 1. The molecule has 1 aromatic carbocycles. The average molecular weight is 331 g/mol. The van der Waals surface area contributed by atoms with Gasteiger partial charge in [-0.25, -0.2) is 4.79 Å². The van der Waals surface area contributed by atoms with Gasteiger partial charge in [0, 0.05) is 36.7 Å². The van der Waals surface area contributed by atoms with Gasteiger partial charge < -0.3 is 19.0 Å². The molecule has 3 heterocycles. The molecule has 0 saturated carbocycles. The molecule has 0 spiro atoms. The summed E-state index contributed by atoms with van der Waals surface area (Å²) in [5, 5.41) is 10.2. The predicted molar refractivity (Wildman–Crippen MR) is 88.4 cm³/mol. The first-order chi connectivity index (χ1) is 11.7. The van der Waals surface area contributed by atoms with Crippen molar-refractivity contribution >= 4 is 11.0 Å². The van der Waals surface area contributed by atoms with Crippen LogP contribution in [-0.4, -0.2) is 36.0 Å². The third-order valence-electron chi connectivity index (χ3n) is 4.91. The van der Waals surface area contributed by atoms with Crippen LogP contribution >= 0.6 is 0 Å². The minimum atomic E-state index is -0.355. The molecular weight excluding hydrogens is 310 g/mol. The van der Waals surface area contributed by atoms with Gasteiger partial charge in [-0.3, -0.25) is 4.90 Å². The number of aliphatic hydroxyl groups is 1. The highest BCUT2D eigenvalue weighted by Crippen LogP contribution is 2.37. The van der Waals surface area contributed by atoms with Crippen molar-refractivity contribution in [3.8, 4) is 11.5 Å². The van der Waals surface area contributed by atoms with Crippen molar-refractivity contribution in [2.75, 3.05) is 19.9 Å². The Morgan fingerprint density at radius 2 is 2.00 bits per heavy atom. The van der Waals surface area contributed by atoms with E-state index in [1.165, 1.54) is 6.42 Å². The summed E-state index contributed by atoms with van der Waals surface area (Å²) in [6.07, 6.45) is 4.20. The minimum Gasteiger partial charge on any atom is -0.454 e. The van der Waals surface area contributed by atoms with Crippen LogP contribution in [0.1, 0.15) is 31.2 Å². The van der Waals surface area contributed by atoms with E-state index in [2.05, 4.69) is 4.90 Å². The molecule has 24 heavy (non-hydrogen) atoms. The van der Waals surface area contributed by atoms with E-state index in [9.17, 15) is 9.90 Å². The Hall–Kier alpha value is -2.05. The molecule has 6 nitrogen and oxygen atoms in total. The number of fused-ring (bicyclic) bond motifs is 2. The van der Waals surface area contributed by atoms with Crippen LogP contribution in [0.3, 0.4) is 0 Å². The van der Waals surface area contributed by atoms with E-state index in [0.717, 1.165) is 36.8 Å². The lowest BCUT2D eigenvalue weighted by Gasteiger charge is -2.35. The molecule has 2 aliphatic heterocycles. The van der Waals surface area contributed by atoms with Gasteiger partial charge in [0.05, 0.1) is 0 Å². The van der Waals surface area contributed by atoms with Crippen LogP contribution in [0.15, 0.2) is 27.4 Å². The fraction of sp³-hybridized carbons (Fsp3) is 0.500. The summed E-state index contributed by atoms with van der Waals surface area (Å²) in [5.41, 5.74) is 1.11. The number of benzene rings is 1. The summed E-state index contributed by atoms with van der Waals surface area (Å²) in [6.45, 7) is 2.04. The molecule has 1 unspecified atom stereocenters. The number of rotatable bonds is 4. The Balaban J connectivity index is 1.71. The second-order valence-corrected chi connectivity index (χ2v) is 6.42. The second-order valence-electron chi connectivity index (χ2n) is 6.42. The van der Waals surface area contributed by atoms with Gasteiger partial charge in [-0.15, -0.1) is 0 Å². The summed E-state index contributed by atoms with van der Waals surface area (Å²) in [5.74, 6) is 1.29. The summed E-state index contributed by atoms with van der Waals surface area (Å²) < 4.78 is 16.2. The first kappa shape index (κ1) is 15.5. The van der Waals surface area contributed by atoms with E-state index in [1.54, 1.807) is 12.1 Å². The van der Waals surface area contributed by atoms with Crippen LogP contribution in [0.2, 0.25) is 0 Å². The smallest absolute Gasteiger partial charge is 0.336 e. The fourth-order valence-electron chi connectivity index (χ4n) is 3.71. The number of likely N-dealkylation sites (tertiary alicyclic amines) is 1. The SMILES string of the molecule is O=c1cc(CN2CCCCC2CCO)c2cc3c(cc2o1)OCO3. The Labute approximate surface area is 139 Å². The summed E-state index contributed by atoms with van der Waals surface area (Å²) in [4.78, 5) is 14.3. The molecule has 4 rings (SSSR count). The normalized spacial score (nSPS) is 20.6. The maximum absolute atomic E-state index is 12.0. The Bertz CT molecular complexity index is 798. The maximum atomic E-state index is 12.0. The van der Waals surface area contributed by atoms with Gasteiger partial charge >= 0.3 is 5.63 Å². The number of hydrogen-bond acceptors (Lipinski definition) is 6. The lowest BCUT2D eigenvalue weighted by Crippen LogP contribution is -2.39. The van der Waals surface area contributed by atoms with Crippen molar-refractivity contribution in [3.05, 3.63) is 34.2 Å². The molecule has 1 saturated heterocycles. The highest BCUT2D eigenvalue weighted by atomic mass is 16.7. The van der Waals surface area contributed by atoms with Crippen molar-refractivity contribution in [2.45, 2.75) is 38.3 Å². The number of ether oxygens (including phenoxy) is 2. The highest BCUT2D eigenvalue weighted by Gasteiger charge is 2.24. The monoisotopic (exact) mass is 331 g/mol. The molecule has 2 aromatic rings. The number of hydrogen-bond donors (Lipinski definition) is 1. The van der Waals surface area contributed by atoms with Crippen LogP contribution in [0, 0.1) is 0 Å². The molecular formula is C18H21NO5. The van der Waals surface area contributed by atoms with Gasteiger partial charge in [0.15, 0.2) is 11.5 Å². The van der Waals surface area contributed by atoms with E-state index in [0.29, 0.717) is 29.7 Å². The molecule has 0 radical (unpaired) electrons. The van der Waals surface area contributed by atoms with Crippen molar-refractivity contribution in [3.63, 3.8) is 0 Å². The van der Waals surface area contributed by atoms with Gasteiger partial charge in [-0.05, 0) is 37.4 Å². The van der Waals surface area contributed by atoms with Crippen molar-refractivity contribution in [2.24, 2.45) is 0 Å². The zero-order valence-corrected chi connectivity index (χ0v) is 13.5. The molecule has 0 bridgehead atoms. The summed E-state index contributed by atoms with van der Waals surface area (Å²) in [7, 11) is 0. The fourth-order valence-corrected chi connectivity index (χ4v) is 3.71. The van der Waals surface area contributed by atoms with Crippen LogP contribution in [-0.2, 0) is 6.54 Å². The first-order valence-corrected chi connectivity index (χ1v) is 8.46. The van der Waals surface area contributed by atoms with E-state index in [-0.39, 0.29) is 19.0 Å². The molecule has 1 fully saturated rings. The summed E-state index contributed by atoms with van der Waals surface area (Å²) in [6, 6.07) is 5.54. The third kappa shape index (κ3) is 2.87. The van der Waals surface area contributed by atoms with Crippen LogP contribution in [0.25, 0.3) is 11.0 Å². The molecule has 1 atom stereocenters. The van der Waals surface area contributed by atoms with Crippen molar-refractivity contribution in [1.29, 1.82) is 0 Å². The second kappa shape index (κ2) is 6.45. The zero-order valence-electron chi connectivity index (χ0n) is 13.5. The first-order valence-electron chi connectivity index (χ1n) is 8.46. The molecule has 1 N–H and O–H groups in total. The Morgan fingerprint density at radius 3 is 2.83 bits per heavy atom. The number of nitrogens with zero attached hydrogens (tertiary/aromatic N) is 1. The largest absolute Gasteiger partial charge is 0.454 e. The van der Waals surface area contributed by atoms with Crippen LogP contribution in [0.5, 0.6) is 11.5 Å². The third-order valence-corrected chi connectivity index (χ3v) is 4.91. The Morgan fingerprint density at radius 1 is 1.17 bits per heavy atom. The van der Waals surface area contributed by atoms with E-state index in [1.807, 2.05) is 6.07 Å². The van der Waals surface area contributed by atoms with E-state index in [4.69, 9.17) is 13.9 Å². The molecule has 0 aliphatic carbocycles. The molecule has 2 aliphatic rings. The molecule has 6 heteroatoms. The molecule has 0 amide bonds. The van der Waals surface area contributed by atoms with Crippen LogP contribution in [0.4, 0.5) is 0 Å². The maximum Gasteiger partial charge on any atom is 0.336 e. The standard InChI is InChI=1S/C18H21NO5/c20-6-4-13-3-1-2-5-19(13)10-12-7-18(21)24-15-9-17-16(8-14(12)15)22-11-23-17/h7-9,13,20H,1-6,10-11H2. The van der Waals surface area contributed by atoms with Crippen LogP contribution < -0.4 is 15.1 Å². The average Bonchev–Trinajstić information content (AvgIpc) is 3.02. The summed E-state index contributed by atoms with van der Waals surface area (Å²) >= 11 is 0. The van der Waals surface area contributed by atoms with Gasteiger partial charge in [0.2, 0.25) is 6.79 Å². The zero-order chi connectivity index (χ0) is 16.5. The van der Waals surface area contributed by atoms with Gasteiger partial charge in [0.25, 0.3) is 0 Å². The lowest BCUT2D eigenvalue weighted by atomic mass is 9.98. The Kier molecular flexibility index (Phi) is 4.16. The van der Waals surface area contributed by atoms with Gasteiger partial charge in [0.1, 0.15) is 5.58 Å². The van der Waals surface area contributed by atoms with Crippen molar-refractivity contribution < 1.29 is 19.0 Å². The van der Waals surface area contributed by atoms with Gasteiger partial charge in [-0.2, -0.15) is 0 Å². The highest BCUT2D eigenvalue weighted by molar-refractivity contribution is 5.84. The van der Waals surface area contributed by atoms with Crippen molar-refractivity contribution in [1.82, 2.24) is 4.90 Å². The minimum absolute atomic E-state index is 0.190. The quantitative estimate of drug-likeness (QED) is 0.867.